The molecule has 2 aromatic carbocycles. The van der Waals surface area contributed by atoms with Gasteiger partial charge in [-0.1, -0.05) is 12.1 Å². The molecule has 0 atom stereocenters. The second kappa shape index (κ2) is 9.11. The number of benzene rings is 2. The normalized spacial score (nSPS) is 8.95. The highest BCUT2D eigenvalue weighted by Gasteiger charge is 1.99. The van der Waals surface area contributed by atoms with Crippen molar-refractivity contribution in [2.45, 2.75) is 6.61 Å². The quantitative estimate of drug-likeness (QED) is 0.744. The molecule has 4 nitrogen and oxygen atoms in total. The van der Waals surface area contributed by atoms with Crippen LogP contribution in [0.25, 0.3) is 0 Å². The van der Waals surface area contributed by atoms with Crippen LogP contribution in [0.4, 0.5) is 0 Å². The van der Waals surface area contributed by atoms with Gasteiger partial charge in [-0.25, -0.2) is 0 Å². The van der Waals surface area contributed by atoms with E-state index >= 15 is 0 Å². The van der Waals surface area contributed by atoms with Crippen LogP contribution in [0.1, 0.15) is 27.0 Å². The molecule has 2 aromatic rings. The van der Waals surface area contributed by atoms with E-state index in [4.69, 9.17) is 15.6 Å². The van der Waals surface area contributed by atoms with Crippen LogP contribution < -0.4 is 0 Å². The molecule has 0 heterocycles. The molecule has 0 bridgehead atoms. The van der Waals surface area contributed by atoms with E-state index in [1.807, 2.05) is 12.1 Å². The van der Waals surface area contributed by atoms with E-state index in [9.17, 15) is 4.79 Å². The third-order valence-electron chi connectivity index (χ3n) is 2.58. The number of rotatable bonds is 2. The fourth-order valence-corrected chi connectivity index (χ4v) is 2.13. The molecule has 0 aliphatic heterocycles. The summed E-state index contributed by atoms with van der Waals surface area (Å²) >= 11 is 6.40. The Morgan fingerprint density at radius 1 is 1.00 bits per heavy atom. The highest BCUT2D eigenvalue weighted by molar-refractivity contribution is 9.10. The van der Waals surface area contributed by atoms with Gasteiger partial charge < -0.3 is 5.11 Å². The number of aliphatic hydroxyl groups is 1. The Morgan fingerprint density at radius 3 is 2.05 bits per heavy atom. The zero-order chi connectivity index (χ0) is 16.5. The lowest BCUT2D eigenvalue weighted by Gasteiger charge is -1.97. The Morgan fingerprint density at radius 2 is 1.55 bits per heavy atom. The Hall–Kier alpha value is -1.99. The van der Waals surface area contributed by atoms with Crippen molar-refractivity contribution in [3.8, 4) is 12.1 Å². The van der Waals surface area contributed by atoms with Crippen molar-refractivity contribution in [3.05, 3.63) is 67.6 Å². The zero-order valence-corrected chi connectivity index (χ0v) is 14.4. The molecule has 110 valence electrons. The molecule has 0 fully saturated rings. The van der Waals surface area contributed by atoms with E-state index in [1.165, 1.54) is 6.07 Å². The van der Waals surface area contributed by atoms with Crippen LogP contribution in [0.5, 0.6) is 0 Å². The van der Waals surface area contributed by atoms with E-state index in [2.05, 4.69) is 31.9 Å². The van der Waals surface area contributed by atoms with Gasteiger partial charge in [-0.15, -0.1) is 0 Å². The lowest BCUT2D eigenvalue weighted by atomic mass is 10.1. The number of nitrogens with zero attached hydrogens (tertiary/aromatic N) is 2. The largest absolute Gasteiger partial charge is 0.392 e. The molecule has 0 spiro atoms. The molecule has 0 unspecified atom stereocenters. The van der Waals surface area contributed by atoms with Crippen LogP contribution >= 0.6 is 31.9 Å². The standard InChI is InChI=1S/C8H6BrNO.C8H4BrNO/c2*9-8-2-1-6(5-11)3-7(8)4-10/h1-3,11H,5H2;1-3,5H. The van der Waals surface area contributed by atoms with Crippen LogP contribution in [-0.4, -0.2) is 11.4 Å². The number of aldehydes is 1. The highest BCUT2D eigenvalue weighted by Crippen LogP contribution is 2.17. The second-order valence-corrected chi connectivity index (χ2v) is 5.76. The highest BCUT2D eigenvalue weighted by atomic mass is 79.9. The van der Waals surface area contributed by atoms with E-state index in [-0.39, 0.29) is 6.61 Å². The van der Waals surface area contributed by atoms with E-state index in [0.717, 1.165) is 10.0 Å². The first-order valence-corrected chi connectivity index (χ1v) is 7.58. The first kappa shape index (κ1) is 18.1. The monoisotopic (exact) mass is 420 g/mol. The number of halogens is 2. The lowest BCUT2D eigenvalue weighted by Crippen LogP contribution is -1.84. The second-order valence-electron chi connectivity index (χ2n) is 4.05. The Bertz CT molecular complexity index is 762. The minimum Gasteiger partial charge on any atom is -0.392 e. The van der Waals surface area contributed by atoms with Crippen molar-refractivity contribution in [2.75, 3.05) is 0 Å². The maximum Gasteiger partial charge on any atom is 0.150 e. The summed E-state index contributed by atoms with van der Waals surface area (Å²) < 4.78 is 1.47. The maximum absolute atomic E-state index is 10.3. The fraction of sp³-hybridized carbons (Fsp3) is 0.0625. The molecule has 0 aromatic heterocycles. The van der Waals surface area contributed by atoms with Crippen molar-refractivity contribution in [1.29, 1.82) is 10.5 Å². The summed E-state index contributed by atoms with van der Waals surface area (Å²) in [5.74, 6) is 0. The Balaban J connectivity index is 0.000000220. The predicted molar refractivity (Wildman–Crippen MR) is 89.0 cm³/mol. The van der Waals surface area contributed by atoms with E-state index in [1.54, 1.807) is 30.3 Å². The summed E-state index contributed by atoms with van der Waals surface area (Å²) in [6, 6.07) is 14.0. The van der Waals surface area contributed by atoms with Crippen molar-refractivity contribution in [2.24, 2.45) is 0 Å². The van der Waals surface area contributed by atoms with Gasteiger partial charge in [-0.05, 0) is 61.7 Å². The molecule has 0 saturated heterocycles. The Kier molecular flexibility index (Phi) is 7.48. The molecule has 0 amide bonds. The maximum atomic E-state index is 10.3. The molecule has 6 heteroatoms. The van der Waals surface area contributed by atoms with Crippen LogP contribution in [0.15, 0.2) is 45.3 Å². The number of carbonyl (C=O) groups is 1. The summed E-state index contributed by atoms with van der Waals surface area (Å²) in [7, 11) is 0. The molecule has 2 rings (SSSR count). The van der Waals surface area contributed by atoms with Gasteiger partial charge in [0.2, 0.25) is 0 Å². The SMILES string of the molecule is N#Cc1cc(C=O)ccc1Br.N#Cc1cc(CO)ccc1Br. The summed E-state index contributed by atoms with van der Waals surface area (Å²) in [6.07, 6.45) is 0.716. The number of hydrogen-bond acceptors (Lipinski definition) is 4. The number of hydrogen-bond donors (Lipinski definition) is 1. The van der Waals surface area contributed by atoms with Crippen LogP contribution in [0.2, 0.25) is 0 Å². The van der Waals surface area contributed by atoms with Crippen molar-refractivity contribution < 1.29 is 9.90 Å². The molecular weight excluding hydrogens is 412 g/mol. The van der Waals surface area contributed by atoms with Crippen molar-refractivity contribution in [1.82, 2.24) is 0 Å². The van der Waals surface area contributed by atoms with Crippen LogP contribution in [0.3, 0.4) is 0 Å². The van der Waals surface area contributed by atoms with Gasteiger partial charge in [0.05, 0.1) is 17.7 Å². The molecule has 0 aliphatic carbocycles. The van der Waals surface area contributed by atoms with Gasteiger partial charge in [0.1, 0.15) is 18.4 Å². The summed E-state index contributed by atoms with van der Waals surface area (Å²) in [4.78, 5) is 10.3. The predicted octanol–water partition coefficient (Wildman–Crippen LogP) is 3.95. The van der Waals surface area contributed by atoms with Crippen LogP contribution in [-0.2, 0) is 6.61 Å². The molecule has 0 radical (unpaired) electrons. The fourth-order valence-electron chi connectivity index (χ4n) is 1.46. The number of nitriles is 2. The first-order chi connectivity index (χ1) is 10.5. The third kappa shape index (κ3) is 5.09. The van der Waals surface area contributed by atoms with Gasteiger partial charge in [-0.2, -0.15) is 10.5 Å². The summed E-state index contributed by atoms with van der Waals surface area (Å²) in [6.45, 7) is -0.0258. The molecule has 0 saturated carbocycles. The Labute approximate surface area is 144 Å². The number of aliphatic hydroxyl groups excluding tert-OH is 1. The minimum absolute atomic E-state index is 0.0258. The molecule has 0 aliphatic rings. The first-order valence-electron chi connectivity index (χ1n) is 6.00. The van der Waals surface area contributed by atoms with Gasteiger partial charge >= 0.3 is 0 Å². The lowest BCUT2D eigenvalue weighted by molar-refractivity contribution is 0.112. The van der Waals surface area contributed by atoms with Crippen molar-refractivity contribution in [3.63, 3.8) is 0 Å². The topological polar surface area (TPSA) is 84.9 Å². The summed E-state index contributed by atoms with van der Waals surface area (Å²) in [5.41, 5.74) is 2.31. The van der Waals surface area contributed by atoms with E-state index in [0.29, 0.717) is 27.4 Å². The average molecular weight is 422 g/mol. The smallest absolute Gasteiger partial charge is 0.150 e. The van der Waals surface area contributed by atoms with Crippen LogP contribution in [0, 0.1) is 22.7 Å². The van der Waals surface area contributed by atoms with Gasteiger partial charge in [0.25, 0.3) is 0 Å². The summed E-state index contributed by atoms with van der Waals surface area (Å²) in [5, 5.41) is 25.8. The van der Waals surface area contributed by atoms with Gasteiger partial charge in [-0.3, -0.25) is 4.79 Å². The third-order valence-corrected chi connectivity index (χ3v) is 3.96. The molecular formula is C16H10Br2N2O2. The van der Waals surface area contributed by atoms with Crippen molar-refractivity contribution >= 4 is 38.1 Å². The molecule has 22 heavy (non-hydrogen) atoms. The number of carbonyl (C=O) groups excluding carboxylic acids is 1. The van der Waals surface area contributed by atoms with E-state index < -0.39 is 0 Å². The van der Waals surface area contributed by atoms with Gasteiger partial charge in [0, 0.05) is 14.5 Å². The zero-order valence-electron chi connectivity index (χ0n) is 11.3. The average Bonchev–Trinajstić information content (AvgIpc) is 2.56. The molecule has 1 N–H and O–H groups in total. The minimum atomic E-state index is -0.0258. The van der Waals surface area contributed by atoms with Gasteiger partial charge in [0.15, 0.2) is 0 Å².